The fraction of sp³-hybridized carbons (Fsp3) is 0.655. The zero-order chi connectivity index (χ0) is 60.9. The fourth-order valence-corrected chi connectivity index (χ4v) is 9.18. The average molecular weight is 1240 g/mol. The summed E-state index contributed by atoms with van der Waals surface area (Å²) in [5, 5.41) is 17.1. The third-order valence-corrected chi connectivity index (χ3v) is 13.8. The number of thioether (sulfide) groups is 2. The molecular formula is C58H90N4O21S2. The Labute approximate surface area is 508 Å². The fourth-order valence-electron chi connectivity index (χ4n) is 7.12. The number of carbonyl (C=O) groups is 6. The highest BCUT2D eigenvalue weighted by Crippen LogP contribution is 2.42. The Morgan fingerprint density at radius 1 is 0.435 bits per heavy atom. The first-order valence-corrected chi connectivity index (χ1v) is 30.4. The monoisotopic (exact) mass is 1240 g/mol. The molecule has 4 N–H and O–H groups in total. The molecule has 0 fully saturated rings. The molecule has 0 bridgehead atoms. The molecule has 27 heteroatoms. The Kier molecular flexibility index (Phi) is 46.0. The van der Waals surface area contributed by atoms with Gasteiger partial charge < -0.3 is 87.4 Å². The standard InChI is InChI=1S/C58H90N4O21S2/c1-70-24-25-74-30-31-76-34-35-78-38-39-80-42-43-82-46-47-83-45-44-81-41-40-79-37-36-77-33-32-75-29-27-71-21-16-51(63)59-18-9-8-14-50(56(67)60-19-15-53(65)66)61-52(64)17-22-72-26-28-73-23-20-62-57(68)54(84-48-10-4-2-5-11-48)55(58(62)69)85-49-12-6-3-7-13-49/h2-7,10-13,50H,8-9,14-47H2,1H3,(H,59,63)(H,60,67)(H,61,64)(H,65,66). The summed E-state index contributed by atoms with van der Waals surface area (Å²) in [7, 11) is 1.63. The van der Waals surface area contributed by atoms with E-state index in [0.717, 1.165) is 9.79 Å². The molecule has 5 amide bonds. The van der Waals surface area contributed by atoms with Gasteiger partial charge in [-0.3, -0.25) is 33.7 Å². The number of ether oxygens (including phenoxy) is 14. The minimum Gasteiger partial charge on any atom is -0.481 e. The quantitative estimate of drug-likeness (QED) is 0.0546. The number of nitrogens with zero attached hydrogens (tertiary/aromatic N) is 1. The number of methoxy groups -OCH3 is 1. The van der Waals surface area contributed by atoms with Gasteiger partial charge in [-0.2, -0.15) is 0 Å². The largest absolute Gasteiger partial charge is 0.481 e. The molecule has 0 aliphatic carbocycles. The van der Waals surface area contributed by atoms with Gasteiger partial charge in [0.25, 0.3) is 11.8 Å². The van der Waals surface area contributed by atoms with E-state index in [2.05, 4.69) is 16.0 Å². The van der Waals surface area contributed by atoms with E-state index in [0.29, 0.717) is 175 Å². The number of imide groups is 1. The van der Waals surface area contributed by atoms with Gasteiger partial charge in [-0.05, 0) is 43.5 Å². The Bertz CT molecular complexity index is 2040. The molecule has 0 spiro atoms. The van der Waals surface area contributed by atoms with Crippen molar-refractivity contribution in [1.29, 1.82) is 0 Å². The summed E-state index contributed by atoms with van der Waals surface area (Å²) < 4.78 is 76.3. The van der Waals surface area contributed by atoms with E-state index in [1.165, 1.54) is 28.4 Å². The molecule has 85 heavy (non-hydrogen) atoms. The Morgan fingerprint density at radius 2 is 0.788 bits per heavy atom. The summed E-state index contributed by atoms with van der Waals surface area (Å²) in [6.45, 7) is 11.1. The van der Waals surface area contributed by atoms with Crippen molar-refractivity contribution >= 4 is 59.0 Å². The molecule has 1 heterocycles. The van der Waals surface area contributed by atoms with Crippen LogP contribution in [0.2, 0.25) is 0 Å². The Hall–Kier alpha value is -4.66. The molecule has 0 saturated carbocycles. The number of carbonyl (C=O) groups excluding carboxylic acids is 5. The van der Waals surface area contributed by atoms with E-state index in [4.69, 9.17) is 71.4 Å². The summed E-state index contributed by atoms with van der Waals surface area (Å²) in [5.41, 5.74) is 0. The van der Waals surface area contributed by atoms with Crippen molar-refractivity contribution in [3.63, 3.8) is 0 Å². The maximum Gasteiger partial charge on any atom is 0.305 e. The van der Waals surface area contributed by atoms with Gasteiger partial charge in [0, 0.05) is 42.8 Å². The third-order valence-electron chi connectivity index (χ3n) is 11.5. The van der Waals surface area contributed by atoms with Gasteiger partial charge in [0.15, 0.2) is 0 Å². The summed E-state index contributed by atoms with van der Waals surface area (Å²) >= 11 is 2.51. The van der Waals surface area contributed by atoms with Crippen molar-refractivity contribution in [3.05, 3.63) is 70.5 Å². The number of hydrogen-bond acceptors (Lipinski definition) is 22. The smallest absolute Gasteiger partial charge is 0.305 e. The number of unbranched alkanes of at least 4 members (excludes halogenated alkanes) is 1. The van der Waals surface area contributed by atoms with Crippen LogP contribution in [0.15, 0.2) is 80.3 Å². The first-order valence-electron chi connectivity index (χ1n) is 28.8. The van der Waals surface area contributed by atoms with Gasteiger partial charge in [0.1, 0.15) is 6.04 Å². The van der Waals surface area contributed by atoms with Gasteiger partial charge in [-0.1, -0.05) is 59.9 Å². The van der Waals surface area contributed by atoms with Crippen molar-refractivity contribution in [2.75, 3.05) is 205 Å². The second-order valence-corrected chi connectivity index (χ2v) is 20.3. The molecule has 3 rings (SSSR count). The predicted octanol–water partition coefficient (Wildman–Crippen LogP) is 3.16. The van der Waals surface area contributed by atoms with Crippen LogP contribution in [0.25, 0.3) is 0 Å². The Balaban J connectivity index is 1.09. The van der Waals surface area contributed by atoms with Crippen LogP contribution < -0.4 is 16.0 Å². The zero-order valence-electron chi connectivity index (χ0n) is 49.2. The lowest BCUT2D eigenvalue weighted by Crippen LogP contribution is -2.47. The van der Waals surface area contributed by atoms with Crippen LogP contribution in [0.4, 0.5) is 0 Å². The van der Waals surface area contributed by atoms with Crippen LogP contribution in [0.5, 0.6) is 0 Å². The van der Waals surface area contributed by atoms with Crippen molar-refractivity contribution in [1.82, 2.24) is 20.9 Å². The number of aliphatic carboxylic acids is 1. The van der Waals surface area contributed by atoms with Crippen LogP contribution in [0.1, 0.15) is 38.5 Å². The van der Waals surface area contributed by atoms with Gasteiger partial charge in [-0.15, -0.1) is 0 Å². The number of nitrogens with one attached hydrogen (secondary N) is 3. The first-order chi connectivity index (χ1) is 41.7. The molecule has 2 aromatic carbocycles. The van der Waals surface area contributed by atoms with Gasteiger partial charge in [-0.25, -0.2) is 0 Å². The maximum absolute atomic E-state index is 13.5. The third kappa shape index (κ3) is 39.7. The molecule has 1 aliphatic rings. The minimum atomic E-state index is -1.07. The lowest BCUT2D eigenvalue weighted by Gasteiger charge is -2.18. The summed E-state index contributed by atoms with van der Waals surface area (Å²) in [6.07, 6.45) is 1.08. The van der Waals surface area contributed by atoms with Crippen LogP contribution >= 0.6 is 23.5 Å². The van der Waals surface area contributed by atoms with Crippen molar-refractivity contribution in [2.45, 2.75) is 54.4 Å². The molecule has 0 saturated heterocycles. The van der Waals surface area contributed by atoms with Crippen molar-refractivity contribution < 1.29 is 100 Å². The summed E-state index contributed by atoms with van der Waals surface area (Å²) in [6, 6.07) is 17.8. The van der Waals surface area contributed by atoms with Crippen LogP contribution in [0.3, 0.4) is 0 Å². The topological polar surface area (TPSA) is 291 Å². The van der Waals surface area contributed by atoms with Crippen molar-refractivity contribution in [3.8, 4) is 0 Å². The lowest BCUT2D eigenvalue weighted by molar-refractivity contribution is -0.139. The van der Waals surface area contributed by atoms with Crippen LogP contribution in [-0.4, -0.2) is 257 Å². The van der Waals surface area contributed by atoms with Crippen LogP contribution in [0, 0.1) is 0 Å². The number of carboxylic acid groups (broad SMARTS) is 1. The average Bonchev–Trinajstić information content (AvgIpc) is 3.28. The normalized spacial score (nSPS) is 12.8. The predicted molar refractivity (Wildman–Crippen MR) is 314 cm³/mol. The molecule has 1 unspecified atom stereocenters. The first kappa shape index (κ1) is 74.6. The van der Waals surface area contributed by atoms with Gasteiger partial charge in [0.2, 0.25) is 17.7 Å². The molecule has 25 nitrogen and oxygen atoms in total. The Morgan fingerprint density at radius 3 is 1.16 bits per heavy atom. The van der Waals surface area contributed by atoms with E-state index in [9.17, 15) is 28.8 Å². The SMILES string of the molecule is COCCOCCOCCOCCOCCOCCOCCOCCOCCOCCOCCOCCC(=O)NCCCCC(NC(=O)CCOCCOCCN1C(=O)C(Sc2ccccc2)=C(Sc2ccccc2)C1=O)C(=O)NCCC(=O)O. The zero-order valence-corrected chi connectivity index (χ0v) is 50.8. The highest BCUT2D eigenvalue weighted by molar-refractivity contribution is 8.08. The second-order valence-electron chi connectivity index (χ2n) is 18.1. The van der Waals surface area contributed by atoms with E-state index in [1.54, 1.807) is 7.11 Å². The van der Waals surface area contributed by atoms with Gasteiger partial charge in [0.05, 0.1) is 201 Å². The highest BCUT2D eigenvalue weighted by atomic mass is 32.2. The number of carboxylic acids is 1. The number of hydrogen-bond donors (Lipinski definition) is 4. The lowest BCUT2D eigenvalue weighted by atomic mass is 10.1. The summed E-state index contributed by atoms with van der Waals surface area (Å²) in [5.74, 6) is -3.00. The number of amides is 5. The highest BCUT2D eigenvalue weighted by Gasteiger charge is 2.39. The molecule has 480 valence electrons. The molecular weight excluding hydrogens is 1150 g/mol. The molecule has 0 aromatic heterocycles. The molecule has 1 atom stereocenters. The van der Waals surface area contributed by atoms with E-state index < -0.39 is 23.8 Å². The molecule has 2 aromatic rings. The molecule has 1 aliphatic heterocycles. The maximum atomic E-state index is 13.5. The minimum absolute atomic E-state index is 0.0316. The van der Waals surface area contributed by atoms with E-state index in [-0.39, 0.29) is 89.5 Å². The summed E-state index contributed by atoms with van der Waals surface area (Å²) in [4.78, 5) is 79.6. The number of rotatable bonds is 59. The second kappa shape index (κ2) is 52.5. The van der Waals surface area contributed by atoms with Gasteiger partial charge >= 0.3 is 5.97 Å². The number of benzene rings is 2. The van der Waals surface area contributed by atoms with E-state index >= 15 is 0 Å². The van der Waals surface area contributed by atoms with Crippen molar-refractivity contribution in [2.24, 2.45) is 0 Å². The van der Waals surface area contributed by atoms with E-state index in [1.807, 2.05) is 60.7 Å². The molecule has 0 radical (unpaired) electrons. The van der Waals surface area contributed by atoms with Crippen LogP contribution in [-0.2, 0) is 95.1 Å².